The smallest absolute Gasteiger partial charge is 0.225 e. The molecule has 3 heterocycles. The molecule has 0 amide bonds. The third kappa shape index (κ3) is 3.14. The summed E-state index contributed by atoms with van der Waals surface area (Å²) < 4.78 is 13.8. The molecule has 0 spiro atoms. The van der Waals surface area contributed by atoms with Crippen molar-refractivity contribution in [3.63, 3.8) is 0 Å². The number of anilines is 1. The van der Waals surface area contributed by atoms with Crippen LogP contribution in [0.1, 0.15) is 18.2 Å². The number of hydrogen-bond donors (Lipinski definition) is 1. The lowest BCUT2D eigenvalue weighted by Crippen LogP contribution is -2.40. The molecule has 0 unspecified atom stereocenters. The first-order valence-corrected chi connectivity index (χ1v) is 9.41. The molecule has 2 aliphatic heterocycles. The van der Waals surface area contributed by atoms with Crippen LogP contribution in [0.5, 0.6) is 0 Å². The minimum Gasteiger partial charge on any atom is -0.379 e. The van der Waals surface area contributed by atoms with Crippen molar-refractivity contribution in [3.05, 3.63) is 53.6 Å². The molecule has 1 aromatic carbocycles. The van der Waals surface area contributed by atoms with Crippen molar-refractivity contribution < 1.29 is 4.39 Å². The van der Waals surface area contributed by atoms with Crippen LogP contribution in [0, 0.1) is 11.7 Å². The van der Waals surface area contributed by atoms with Gasteiger partial charge >= 0.3 is 0 Å². The number of hydrogen-bond acceptors (Lipinski definition) is 6. The molecule has 1 aromatic heterocycles. The molecule has 5 nitrogen and oxygen atoms in total. The summed E-state index contributed by atoms with van der Waals surface area (Å²) in [6.45, 7) is 3.33. The Bertz CT molecular complexity index is 818. The first-order valence-electron chi connectivity index (χ1n) is 8.42. The number of nitrogens with zero attached hydrogens (tertiary/aromatic N) is 4. The van der Waals surface area contributed by atoms with Crippen molar-refractivity contribution >= 4 is 35.3 Å². The molecule has 138 valence electrons. The Balaban J connectivity index is 0.00000196. The zero-order valence-corrected chi connectivity index (χ0v) is 16.1. The molecule has 0 radical (unpaired) electrons. The number of halogens is 2. The highest BCUT2D eigenvalue weighted by Crippen LogP contribution is 2.45. The lowest BCUT2D eigenvalue weighted by Gasteiger charge is -2.34. The fraction of sp³-hybridized carbons (Fsp3) is 0.389. The maximum Gasteiger partial charge on any atom is 0.225 e. The van der Waals surface area contributed by atoms with Gasteiger partial charge in [-0.25, -0.2) is 19.4 Å². The predicted molar refractivity (Wildman–Crippen MR) is 107 cm³/mol. The Morgan fingerprint density at radius 2 is 2.12 bits per heavy atom. The van der Waals surface area contributed by atoms with Gasteiger partial charge < -0.3 is 10.6 Å². The minimum atomic E-state index is -0.388. The Hall–Kier alpha value is -1.86. The molecule has 2 atom stereocenters. The van der Waals surface area contributed by atoms with E-state index in [4.69, 9.17) is 10.7 Å². The van der Waals surface area contributed by atoms with Crippen LogP contribution in [-0.4, -0.2) is 34.0 Å². The van der Waals surface area contributed by atoms with Gasteiger partial charge in [0.2, 0.25) is 5.95 Å². The van der Waals surface area contributed by atoms with Gasteiger partial charge in [-0.15, -0.1) is 12.4 Å². The summed E-state index contributed by atoms with van der Waals surface area (Å²) in [5.41, 5.74) is 7.29. The maximum atomic E-state index is 13.8. The van der Waals surface area contributed by atoms with Crippen LogP contribution >= 0.6 is 24.2 Å². The first kappa shape index (κ1) is 18.9. The van der Waals surface area contributed by atoms with Gasteiger partial charge in [-0.05, 0) is 12.0 Å². The van der Waals surface area contributed by atoms with Crippen LogP contribution in [0.2, 0.25) is 0 Å². The zero-order valence-electron chi connectivity index (χ0n) is 14.4. The SMILES string of the molecule is CCc1nc(N2C[C@H]3CSC(N)=N[C@@]3(c3ccccc3)C2)ncc1F.Cl. The van der Waals surface area contributed by atoms with E-state index in [2.05, 4.69) is 27.0 Å². The second-order valence-corrected chi connectivity index (χ2v) is 7.49. The molecule has 4 rings (SSSR count). The van der Waals surface area contributed by atoms with Crippen molar-refractivity contribution in [1.82, 2.24) is 9.97 Å². The van der Waals surface area contributed by atoms with Crippen LogP contribution in [0.25, 0.3) is 0 Å². The number of benzene rings is 1. The van der Waals surface area contributed by atoms with E-state index in [0.717, 1.165) is 17.9 Å². The quantitative estimate of drug-likeness (QED) is 0.868. The summed E-state index contributed by atoms with van der Waals surface area (Å²) in [5, 5.41) is 0.622. The Labute approximate surface area is 162 Å². The fourth-order valence-electron chi connectivity index (χ4n) is 3.70. The van der Waals surface area contributed by atoms with Crippen LogP contribution in [0.4, 0.5) is 10.3 Å². The van der Waals surface area contributed by atoms with Gasteiger partial charge in [-0.1, -0.05) is 49.0 Å². The van der Waals surface area contributed by atoms with E-state index in [1.807, 2.05) is 25.1 Å². The Morgan fingerprint density at radius 3 is 2.85 bits per heavy atom. The lowest BCUT2D eigenvalue weighted by molar-refractivity contribution is 0.387. The number of thioether (sulfide) groups is 1. The van der Waals surface area contributed by atoms with E-state index < -0.39 is 0 Å². The van der Waals surface area contributed by atoms with Crippen LogP contribution in [-0.2, 0) is 12.0 Å². The summed E-state index contributed by atoms with van der Waals surface area (Å²) in [6, 6.07) is 10.3. The van der Waals surface area contributed by atoms with Gasteiger partial charge in [0.25, 0.3) is 0 Å². The summed E-state index contributed by atoms with van der Waals surface area (Å²) in [4.78, 5) is 15.6. The first-order chi connectivity index (χ1) is 12.1. The van der Waals surface area contributed by atoms with Crippen molar-refractivity contribution in [2.45, 2.75) is 18.9 Å². The van der Waals surface area contributed by atoms with E-state index in [-0.39, 0.29) is 23.8 Å². The van der Waals surface area contributed by atoms with E-state index in [0.29, 0.717) is 35.7 Å². The number of aryl methyl sites for hydroxylation is 1. The second kappa shape index (κ2) is 7.40. The molecule has 0 bridgehead atoms. The molecule has 26 heavy (non-hydrogen) atoms. The molecular formula is C18H21ClFN5S. The number of nitrogens with two attached hydrogens (primary N) is 1. The summed E-state index contributed by atoms with van der Waals surface area (Å²) >= 11 is 1.60. The molecule has 2 aromatic rings. The standard InChI is InChI=1S/C18H20FN5S.ClH/c1-2-15-14(19)8-21-17(22-15)24-9-13-10-25-16(20)23-18(13,11-24)12-6-4-3-5-7-12;/h3-8,13H,2,9-11H2,1H3,(H2,20,23);1H/t13-,18+;/m0./s1. The van der Waals surface area contributed by atoms with Crippen LogP contribution in [0.3, 0.4) is 0 Å². The number of rotatable bonds is 3. The third-order valence-corrected chi connectivity index (χ3v) is 5.94. The van der Waals surface area contributed by atoms with Crippen LogP contribution in [0.15, 0.2) is 41.5 Å². The molecule has 2 aliphatic rings. The molecule has 2 N–H and O–H groups in total. The molecule has 8 heteroatoms. The normalized spacial score (nSPS) is 24.6. The van der Waals surface area contributed by atoms with Crippen molar-refractivity contribution in [2.75, 3.05) is 23.7 Å². The van der Waals surface area contributed by atoms with Gasteiger partial charge in [0.05, 0.1) is 18.4 Å². The number of aromatic nitrogens is 2. The minimum absolute atomic E-state index is 0. The topological polar surface area (TPSA) is 67.4 Å². The molecule has 0 aliphatic carbocycles. The third-order valence-electron chi connectivity index (χ3n) is 4.99. The van der Waals surface area contributed by atoms with Gasteiger partial charge in [0.15, 0.2) is 11.0 Å². The maximum absolute atomic E-state index is 13.8. The summed E-state index contributed by atoms with van der Waals surface area (Å²) in [5.74, 6) is 1.44. The van der Waals surface area contributed by atoms with Gasteiger partial charge in [-0.2, -0.15) is 0 Å². The summed E-state index contributed by atoms with van der Waals surface area (Å²) in [6.07, 6.45) is 1.81. The van der Waals surface area contributed by atoms with E-state index in [1.165, 1.54) is 6.20 Å². The Kier molecular flexibility index (Phi) is 5.39. The second-order valence-electron chi connectivity index (χ2n) is 6.45. The van der Waals surface area contributed by atoms with E-state index >= 15 is 0 Å². The highest BCUT2D eigenvalue weighted by molar-refractivity contribution is 8.13. The van der Waals surface area contributed by atoms with Gasteiger partial charge in [0.1, 0.15) is 5.54 Å². The van der Waals surface area contributed by atoms with Crippen LogP contribution < -0.4 is 10.6 Å². The molecule has 1 fully saturated rings. The average Bonchev–Trinajstić information content (AvgIpc) is 3.03. The monoisotopic (exact) mass is 393 g/mol. The van der Waals surface area contributed by atoms with Gasteiger partial charge in [0, 0.05) is 18.2 Å². The number of fused-ring (bicyclic) bond motifs is 1. The lowest BCUT2D eigenvalue weighted by atomic mass is 9.82. The van der Waals surface area contributed by atoms with E-state index in [9.17, 15) is 4.39 Å². The van der Waals surface area contributed by atoms with E-state index in [1.54, 1.807) is 11.8 Å². The largest absolute Gasteiger partial charge is 0.379 e. The van der Waals surface area contributed by atoms with Crippen molar-refractivity contribution in [2.24, 2.45) is 16.6 Å². The molecular weight excluding hydrogens is 373 g/mol. The molecule has 1 saturated heterocycles. The molecule has 0 saturated carbocycles. The summed E-state index contributed by atoms with van der Waals surface area (Å²) in [7, 11) is 0. The zero-order chi connectivity index (χ0) is 17.4. The highest BCUT2D eigenvalue weighted by atomic mass is 35.5. The Morgan fingerprint density at radius 1 is 1.35 bits per heavy atom. The predicted octanol–water partition coefficient (Wildman–Crippen LogP) is 2.99. The highest BCUT2D eigenvalue weighted by Gasteiger charge is 2.50. The van der Waals surface area contributed by atoms with Crippen molar-refractivity contribution in [1.29, 1.82) is 0 Å². The van der Waals surface area contributed by atoms with Crippen molar-refractivity contribution in [3.8, 4) is 0 Å². The fourth-order valence-corrected chi connectivity index (χ4v) is 4.68. The van der Waals surface area contributed by atoms with Gasteiger partial charge in [-0.3, -0.25) is 0 Å². The number of aliphatic imine (C=N–C) groups is 1. The number of amidine groups is 1. The average molecular weight is 394 g/mol.